The van der Waals surface area contributed by atoms with Gasteiger partial charge in [-0.2, -0.15) is 0 Å². The molecule has 27 heavy (non-hydrogen) atoms. The molecule has 1 aromatic carbocycles. The predicted octanol–water partition coefficient (Wildman–Crippen LogP) is 2.42. The van der Waals surface area contributed by atoms with Gasteiger partial charge >= 0.3 is 0 Å². The van der Waals surface area contributed by atoms with Crippen LogP contribution < -0.4 is 15.2 Å². The maximum absolute atomic E-state index is 12.9. The minimum absolute atomic E-state index is 0.0565. The van der Waals surface area contributed by atoms with Gasteiger partial charge in [-0.3, -0.25) is 9.36 Å². The number of fused-ring (bicyclic) bond motifs is 1. The van der Waals surface area contributed by atoms with Crippen LogP contribution in [-0.4, -0.2) is 39.7 Å². The lowest BCUT2D eigenvalue weighted by Gasteiger charge is -2.33. The molecule has 7 heteroatoms. The monoisotopic (exact) mass is 365 g/mol. The molecule has 4 rings (SSSR count). The van der Waals surface area contributed by atoms with Crippen LogP contribution in [-0.2, 0) is 6.54 Å². The van der Waals surface area contributed by atoms with Gasteiger partial charge in [0.25, 0.3) is 5.56 Å². The van der Waals surface area contributed by atoms with E-state index in [2.05, 4.69) is 19.9 Å². The maximum atomic E-state index is 12.9. The molecule has 0 amide bonds. The molecule has 2 aromatic heterocycles. The van der Waals surface area contributed by atoms with E-state index in [0.29, 0.717) is 23.7 Å². The van der Waals surface area contributed by atoms with Crippen molar-refractivity contribution in [3.8, 4) is 5.88 Å². The molecule has 3 heterocycles. The van der Waals surface area contributed by atoms with Crippen LogP contribution in [0.2, 0.25) is 0 Å². The van der Waals surface area contributed by atoms with E-state index in [9.17, 15) is 4.79 Å². The first-order chi connectivity index (χ1) is 13.2. The minimum atomic E-state index is 0.0565. The normalized spacial score (nSPS) is 15.3. The van der Waals surface area contributed by atoms with E-state index in [-0.39, 0.29) is 5.56 Å². The molecule has 3 aromatic rings. The van der Waals surface area contributed by atoms with E-state index in [4.69, 9.17) is 4.74 Å². The van der Waals surface area contributed by atoms with Gasteiger partial charge in [0.05, 0.1) is 18.0 Å². The van der Waals surface area contributed by atoms with Gasteiger partial charge in [0.15, 0.2) is 0 Å². The van der Waals surface area contributed by atoms with Crippen molar-refractivity contribution in [3.63, 3.8) is 0 Å². The molecule has 0 N–H and O–H groups in total. The lowest BCUT2D eigenvalue weighted by molar-refractivity contribution is 0.347. The highest BCUT2D eigenvalue weighted by Gasteiger charge is 2.22. The van der Waals surface area contributed by atoms with Crippen LogP contribution in [0, 0.1) is 12.8 Å². The fourth-order valence-electron chi connectivity index (χ4n) is 3.71. The molecular weight excluding hydrogens is 342 g/mol. The summed E-state index contributed by atoms with van der Waals surface area (Å²) in [4.78, 5) is 28.1. The molecule has 0 atom stereocenters. The Morgan fingerprint density at radius 1 is 1.19 bits per heavy atom. The van der Waals surface area contributed by atoms with E-state index >= 15 is 0 Å². The maximum Gasteiger partial charge on any atom is 0.261 e. The van der Waals surface area contributed by atoms with Crippen LogP contribution >= 0.6 is 0 Å². The molecule has 1 saturated heterocycles. The third-order valence-corrected chi connectivity index (χ3v) is 5.27. The summed E-state index contributed by atoms with van der Waals surface area (Å²) in [6.07, 6.45) is 3.54. The van der Waals surface area contributed by atoms with Crippen LogP contribution in [0.25, 0.3) is 10.9 Å². The van der Waals surface area contributed by atoms with Crippen LogP contribution in [0.4, 0.5) is 5.82 Å². The van der Waals surface area contributed by atoms with Crippen LogP contribution in [0.5, 0.6) is 5.88 Å². The molecule has 1 aliphatic rings. The summed E-state index contributed by atoms with van der Waals surface area (Å²) in [6.45, 7) is 4.43. The molecule has 0 bridgehead atoms. The Bertz CT molecular complexity index is 1010. The van der Waals surface area contributed by atoms with Crippen molar-refractivity contribution in [3.05, 3.63) is 52.8 Å². The number of para-hydroxylation sites is 1. The summed E-state index contributed by atoms with van der Waals surface area (Å²) in [7, 11) is 1.61. The first-order valence-corrected chi connectivity index (χ1v) is 9.23. The average Bonchev–Trinajstić information content (AvgIpc) is 2.71. The second kappa shape index (κ2) is 7.34. The largest absolute Gasteiger partial charge is 0.481 e. The second-order valence-corrected chi connectivity index (χ2v) is 6.94. The molecule has 140 valence electrons. The standard InChI is InChI=1S/C20H23N5O2/c1-14-23-17-6-4-3-5-16(17)20(26)25(14)12-15-7-9-24(10-8-15)18-11-19(27-2)22-13-21-18/h3-6,11,13,15H,7-10,12H2,1-2H3. The van der Waals surface area contributed by atoms with E-state index in [1.807, 2.05) is 41.8 Å². The number of anilines is 1. The lowest BCUT2D eigenvalue weighted by atomic mass is 9.96. The number of hydrogen-bond acceptors (Lipinski definition) is 6. The highest BCUT2D eigenvalue weighted by Crippen LogP contribution is 2.24. The zero-order chi connectivity index (χ0) is 18.8. The summed E-state index contributed by atoms with van der Waals surface area (Å²) in [5.41, 5.74) is 0.824. The topological polar surface area (TPSA) is 73.1 Å². The molecule has 0 unspecified atom stereocenters. The third-order valence-electron chi connectivity index (χ3n) is 5.27. The summed E-state index contributed by atoms with van der Waals surface area (Å²) in [5.74, 6) is 2.69. The van der Waals surface area contributed by atoms with Crippen molar-refractivity contribution >= 4 is 16.7 Å². The van der Waals surface area contributed by atoms with Gasteiger partial charge in [-0.25, -0.2) is 15.0 Å². The van der Waals surface area contributed by atoms with E-state index in [1.165, 1.54) is 6.33 Å². The van der Waals surface area contributed by atoms with E-state index in [1.54, 1.807) is 7.11 Å². The fourth-order valence-corrected chi connectivity index (χ4v) is 3.71. The van der Waals surface area contributed by atoms with Gasteiger partial charge in [-0.1, -0.05) is 12.1 Å². The van der Waals surface area contributed by atoms with Gasteiger partial charge < -0.3 is 9.64 Å². The van der Waals surface area contributed by atoms with Crippen LogP contribution in [0.15, 0.2) is 41.5 Å². The highest BCUT2D eigenvalue weighted by atomic mass is 16.5. The Morgan fingerprint density at radius 2 is 1.96 bits per heavy atom. The highest BCUT2D eigenvalue weighted by molar-refractivity contribution is 5.77. The van der Waals surface area contributed by atoms with Crippen LogP contribution in [0.1, 0.15) is 18.7 Å². The lowest BCUT2D eigenvalue weighted by Crippen LogP contribution is -2.37. The quantitative estimate of drug-likeness (QED) is 0.707. The summed E-state index contributed by atoms with van der Waals surface area (Å²) >= 11 is 0. The summed E-state index contributed by atoms with van der Waals surface area (Å²) in [6, 6.07) is 9.41. The van der Waals surface area contributed by atoms with Gasteiger partial charge in [0, 0.05) is 25.7 Å². The number of ether oxygens (including phenoxy) is 1. The minimum Gasteiger partial charge on any atom is -0.481 e. The van der Waals surface area contributed by atoms with Crippen molar-refractivity contribution < 1.29 is 4.74 Å². The zero-order valence-electron chi connectivity index (χ0n) is 15.6. The Labute approximate surface area is 157 Å². The Hall–Kier alpha value is -2.96. The summed E-state index contributed by atoms with van der Waals surface area (Å²) in [5, 5.41) is 0.689. The average molecular weight is 365 g/mol. The molecule has 1 aliphatic heterocycles. The Kier molecular flexibility index (Phi) is 4.75. The number of aromatic nitrogens is 4. The second-order valence-electron chi connectivity index (χ2n) is 6.94. The molecule has 0 saturated carbocycles. The first kappa shape index (κ1) is 17.5. The Balaban J connectivity index is 1.48. The number of nitrogens with zero attached hydrogens (tertiary/aromatic N) is 5. The molecule has 0 aliphatic carbocycles. The van der Waals surface area contributed by atoms with E-state index in [0.717, 1.165) is 43.1 Å². The number of hydrogen-bond donors (Lipinski definition) is 0. The number of methoxy groups -OCH3 is 1. The predicted molar refractivity (Wildman–Crippen MR) is 104 cm³/mol. The van der Waals surface area contributed by atoms with Gasteiger partial charge in [-0.05, 0) is 37.8 Å². The molecule has 7 nitrogen and oxygen atoms in total. The molecule has 0 radical (unpaired) electrons. The SMILES string of the molecule is COc1cc(N2CCC(Cn3c(C)nc4ccccc4c3=O)CC2)ncn1. The van der Waals surface area contributed by atoms with Gasteiger partial charge in [0.1, 0.15) is 18.0 Å². The number of piperidine rings is 1. The number of benzene rings is 1. The van der Waals surface area contributed by atoms with Crippen LogP contribution in [0.3, 0.4) is 0 Å². The van der Waals surface area contributed by atoms with Crippen molar-refractivity contribution in [1.82, 2.24) is 19.5 Å². The smallest absolute Gasteiger partial charge is 0.261 e. The summed E-state index contributed by atoms with van der Waals surface area (Å²) < 4.78 is 7.01. The number of rotatable bonds is 4. The third kappa shape index (κ3) is 3.49. The Morgan fingerprint density at radius 3 is 2.74 bits per heavy atom. The van der Waals surface area contributed by atoms with Crippen molar-refractivity contribution in [2.45, 2.75) is 26.3 Å². The molecule has 0 spiro atoms. The van der Waals surface area contributed by atoms with Gasteiger partial charge in [-0.15, -0.1) is 0 Å². The van der Waals surface area contributed by atoms with Crippen molar-refractivity contribution in [1.29, 1.82) is 0 Å². The molecule has 1 fully saturated rings. The zero-order valence-corrected chi connectivity index (χ0v) is 15.6. The van der Waals surface area contributed by atoms with Crippen molar-refractivity contribution in [2.24, 2.45) is 5.92 Å². The van der Waals surface area contributed by atoms with Gasteiger partial charge in [0.2, 0.25) is 5.88 Å². The van der Waals surface area contributed by atoms with E-state index < -0.39 is 0 Å². The fraction of sp³-hybridized carbons (Fsp3) is 0.400. The number of aryl methyl sites for hydroxylation is 1. The molecular formula is C20H23N5O2. The first-order valence-electron chi connectivity index (χ1n) is 9.23. The van der Waals surface area contributed by atoms with Crippen molar-refractivity contribution in [2.75, 3.05) is 25.1 Å².